The van der Waals surface area contributed by atoms with Crippen LogP contribution in [0.1, 0.15) is 15.9 Å². The van der Waals surface area contributed by atoms with E-state index in [-0.39, 0.29) is 5.91 Å². The lowest BCUT2D eigenvalue weighted by Gasteiger charge is -2.04. The number of hydrogen-bond donors (Lipinski definition) is 1. The number of nitrogens with one attached hydrogen (secondary N) is 1. The fourth-order valence-electron chi connectivity index (χ4n) is 1.40. The summed E-state index contributed by atoms with van der Waals surface area (Å²) in [6.07, 6.45) is 3.37. The first-order valence-corrected chi connectivity index (χ1v) is 5.24. The molecule has 0 fully saturated rings. The molecule has 1 aromatic heterocycles. The van der Waals surface area contributed by atoms with Crippen LogP contribution in [0.2, 0.25) is 0 Å². The molecule has 1 aromatic carbocycles. The Labute approximate surface area is 99.8 Å². The van der Waals surface area contributed by atoms with Gasteiger partial charge in [-0.2, -0.15) is 0 Å². The van der Waals surface area contributed by atoms with E-state index in [9.17, 15) is 4.79 Å². The van der Waals surface area contributed by atoms with E-state index >= 15 is 0 Å². The summed E-state index contributed by atoms with van der Waals surface area (Å²) in [6, 6.07) is 12.6. The molecule has 2 aromatic rings. The quantitative estimate of drug-likeness (QED) is 0.870. The van der Waals surface area contributed by atoms with Crippen molar-refractivity contribution in [1.29, 1.82) is 0 Å². The molecular weight excluding hydrogens is 212 g/mol. The molecule has 0 aliphatic heterocycles. The van der Waals surface area contributed by atoms with E-state index in [0.717, 1.165) is 5.56 Å². The van der Waals surface area contributed by atoms with Crippen LogP contribution in [0.25, 0.3) is 6.08 Å². The molecule has 0 aliphatic rings. The molecule has 0 atom stereocenters. The number of nitrogens with zero attached hydrogens (tertiary/aromatic N) is 1. The third-order valence-corrected chi connectivity index (χ3v) is 2.32. The highest BCUT2D eigenvalue weighted by atomic mass is 16.1. The summed E-state index contributed by atoms with van der Waals surface area (Å²) < 4.78 is 0. The number of anilines is 1. The van der Waals surface area contributed by atoms with E-state index in [1.165, 1.54) is 0 Å². The number of benzene rings is 1. The first kappa shape index (κ1) is 11.1. The van der Waals surface area contributed by atoms with Crippen LogP contribution in [0.3, 0.4) is 0 Å². The van der Waals surface area contributed by atoms with Gasteiger partial charge in [0, 0.05) is 11.8 Å². The first-order chi connectivity index (χ1) is 8.29. The Hall–Kier alpha value is -2.42. The lowest BCUT2D eigenvalue weighted by Crippen LogP contribution is -2.12. The maximum absolute atomic E-state index is 11.8. The van der Waals surface area contributed by atoms with Crippen molar-refractivity contribution < 1.29 is 4.79 Å². The van der Waals surface area contributed by atoms with Crippen LogP contribution in [0.15, 0.2) is 55.2 Å². The van der Waals surface area contributed by atoms with Gasteiger partial charge in [-0.05, 0) is 29.8 Å². The SMILES string of the molecule is C=Cc1ccc(C(=O)Nc2ccccn2)cc1. The van der Waals surface area contributed by atoms with E-state index in [1.807, 2.05) is 18.2 Å². The summed E-state index contributed by atoms with van der Waals surface area (Å²) >= 11 is 0. The third-order valence-electron chi connectivity index (χ3n) is 2.32. The largest absolute Gasteiger partial charge is 0.307 e. The molecule has 0 unspecified atom stereocenters. The fourth-order valence-corrected chi connectivity index (χ4v) is 1.40. The normalized spacial score (nSPS) is 9.65. The van der Waals surface area contributed by atoms with E-state index in [2.05, 4.69) is 16.9 Å². The maximum atomic E-state index is 11.8. The van der Waals surface area contributed by atoms with Crippen LogP contribution in [-0.4, -0.2) is 10.9 Å². The van der Waals surface area contributed by atoms with Gasteiger partial charge < -0.3 is 5.32 Å². The van der Waals surface area contributed by atoms with Crippen molar-refractivity contribution in [2.75, 3.05) is 5.32 Å². The van der Waals surface area contributed by atoms with Gasteiger partial charge in [-0.25, -0.2) is 4.98 Å². The number of carbonyl (C=O) groups excluding carboxylic acids is 1. The Bertz CT molecular complexity index is 518. The monoisotopic (exact) mass is 224 g/mol. The van der Waals surface area contributed by atoms with Gasteiger partial charge in [0.2, 0.25) is 0 Å². The van der Waals surface area contributed by atoms with E-state index < -0.39 is 0 Å². The van der Waals surface area contributed by atoms with Gasteiger partial charge >= 0.3 is 0 Å². The van der Waals surface area contributed by atoms with Gasteiger partial charge in [0.15, 0.2) is 0 Å². The molecule has 3 heteroatoms. The van der Waals surface area contributed by atoms with Crippen LogP contribution in [0.5, 0.6) is 0 Å². The molecule has 0 spiro atoms. The summed E-state index contributed by atoms with van der Waals surface area (Å²) in [5, 5.41) is 2.72. The van der Waals surface area contributed by atoms with Crippen molar-refractivity contribution in [3.63, 3.8) is 0 Å². The Kier molecular flexibility index (Phi) is 3.31. The summed E-state index contributed by atoms with van der Waals surface area (Å²) in [7, 11) is 0. The Morgan fingerprint density at radius 2 is 1.94 bits per heavy atom. The molecule has 2 rings (SSSR count). The van der Waals surface area contributed by atoms with Crippen LogP contribution >= 0.6 is 0 Å². The van der Waals surface area contributed by atoms with Crippen LogP contribution in [0.4, 0.5) is 5.82 Å². The average Bonchev–Trinajstić information content (AvgIpc) is 2.40. The molecule has 0 radical (unpaired) electrons. The predicted octanol–water partition coefficient (Wildman–Crippen LogP) is 2.98. The van der Waals surface area contributed by atoms with E-state index in [0.29, 0.717) is 11.4 Å². The minimum Gasteiger partial charge on any atom is -0.307 e. The second-order valence-corrected chi connectivity index (χ2v) is 3.50. The smallest absolute Gasteiger partial charge is 0.256 e. The lowest BCUT2D eigenvalue weighted by molar-refractivity contribution is 0.102. The Morgan fingerprint density at radius 3 is 2.53 bits per heavy atom. The van der Waals surface area contributed by atoms with E-state index in [4.69, 9.17) is 0 Å². The molecule has 0 bridgehead atoms. The van der Waals surface area contributed by atoms with Crippen molar-refractivity contribution in [2.24, 2.45) is 0 Å². The van der Waals surface area contributed by atoms with Crippen molar-refractivity contribution in [1.82, 2.24) is 4.98 Å². The summed E-state index contributed by atoms with van der Waals surface area (Å²) in [5.41, 5.74) is 1.58. The Balaban J connectivity index is 2.12. The topological polar surface area (TPSA) is 42.0 Å². The number of pyridine rings is 1. The second-order valence-electron chi connectivity index (χ2n) is 3.50. The summed E-state index contributed by atoms with van der Waals surface area (Å²) in [5.74, 6) is 0.379. The minimum absolute atomic E-state index is 0.167. The van der Waals surface area contributed by atoms with E-state index in [1.54, 1.807) is 36.5 Å². The number of amides is 1. The van der Waals surface area contributed by atoms with Gasteiger partial charge in [0.05, 0.1) is 0 Å². The van der Waals surface area contributed by atoms with Crippen molar-refractivity contribution >= 4 is 17.8 Å². The zero-order valence-corrected chi connectivity index (χ0v) is 9.26. The van der Waals surface area contributed by atoms with Crippen molar-refractivity contribution in [3.05, 3.63) is 66.4 Å². The maximum Gasteiger partial charge on any atom is 0.256 e. The number of hydrogen-bond acceptors (Lipinski definition) is 2. The van der Waals surface area contributed by atoms with Crippen LogP contribution < -0.4 is 5.32 Å². The standard InChI is InChI=1S/C14H12N2O/c1-2-11-6-8-12(9-7-11)14(17)16-13-5-3-4-10-15-13/h2-10H,1H2,(H,15,16,17). The number of carbonyl (C=O) groups is 1. The van der Waals surface area contributed by atoms with Gasteiger partial charge in [0.1, 0.15) is 5.82 Å². The lowest BCUT2D eigenvalue weighted by atomic mass is 10.1. The van der Waals surface area contributed by atoms with Crippen LogP contribution in [0, 0.1) is 0 Å². The van der Waals surface area contributed by atoms with Gasteiger partial charge in [-0.15, -0.1) is 0 Å². The van der Waals surface area contributed by atoms with Crippen molar-refractivity contribution in [2.45, 2.75) is 0 Å². The predicted molar refractivity (Wildman–Crippen MR) is 68.7 cm³/mol. The molecular formula is C14H12N2O. The summed E-state index contributed by atoms with van der Waals surface area (Å²) in [6.45, 7) is 3.66. The van der Waals surface area contributed by atoms with Gasteiger partial charge in [-0.1, -0.05) is 30.9 Å². The Morgan fingerprint density at radius 1 is 1.18 bits per heavy atom. The molecule has 0 saturated carbocycles. The van der Waals surface area contributed by atoms with Crippen LogP contribution in [-0.2, 0) is 0 Å². The molecule has 3 nitrogen and oxygen atoms in total. The number of rotatable bonds is 3. The highest BCUT2D eigenvalue weighted by Gasteiger charge is 2.05. The molecule has 1 amide bonds. The number of aromatic nitrogens is 1. The first-order valence-electron chi connectivity index (χ1n) is 5.24. The molecule has 0 aliphatic carbocycles. The van der Waals surface area contributed by atoms with Gasteiger partial charge in [0.25, 0.3) is 5.91 Å². The molecule has 1 N–H and O–H groups in total. The van der Waals surface area contributed by atoms with Gasteiger partial charge in [-0.3, -0.25) is 4.79 Å². The highest BCUT2D eigenvalue weighted by Crippen LogP contribution is 2.08. The average molecular weight is 224 g/mol. The molecule has 84 valence electrons. The minimum atomic E-state index is -0.167. The zero-order valence-electron chi connectivity index (χ0n) is 9.26. The second kappa shape index (κ2) is 5.07. The van der Waals surface area contributed by atoms with Crippen molar-refractivity contribution in [3.8, 4) is 0 Å². The third kappa shape index (κ3) is 2.78. The molecule has 1 heterocycles. The highest BCUT2D eigenvalue weighted by molar-refractivity contribution is 6.03. The molecule has 17 heavy (non-hydrogen) atoms. The summed E-state index contributed by atoms with van der Waals surface area (Å²) in [4.78, 5) is 15.9. The zero-order chi connectivity index (χ0) is 12.1. The molecule has 0 saturated heterocycles. The fraction of sp³-hybridized carbons (Fsp3) is 0.